The minimum Gasteiger partial charge on any atom is -0.507 e. The van der Waals surface area contributed by atoms with E-state index in [0.717, 1.165) is 6.26 Å². The number of phenolic OH excluding ortho intramolecular Hbond substituents is 1. The van der Waals surface area contributed by atoms with E-state index in [1.807, 2.05) is 0 Å². The highest BCUT2D eigenvalue weighted by Gasteiger charge is 2.29. The summed E-state index contributed by atoms with van der Waals surface area (Å²) >= 11 is 0. The van der Waals surface area contributed by atoms with E-state index in [-0.39, 0.29) is 33.1 Å². The maximum absolute atomic E-state index is 12.5. The molecule has 0 unspecified atom stereocenters. The fourth-order valence-corrected chi connectivity index (χ4v) is 4.54. The molecule has 6 nitrogen and oxygen atoms in total. The summed E-state index contributed by atoms with van der Waals surface area (Å²) in [6, 6.07) is 7.36. The summed E-state index contributed by atoms with van der Waals surface area (Å²) in [5.74, 6) is -0.962. The summed E-state index contributed by atoms with van der Waals surface area (Å²) in [4.78, 5) is 24.1. The number of Topliss-reactive ketones (excluding diaryl/α,β-unsaturated/α-hetero) is 1. The van der Waals surface area contributed by atoms with E-state index >= 15 is 0 Å². The number of benzene rings is 2. The Labute approximate surface area is 151 Å². The summed E-state index contributed by atoms with van der Waals surface area (Å²) < 4.78 is 29.6. The van der Waals surface area contributed by atoms with Crippen LogP contribution in [0, 0.1) is 0 Å². The average molecular weight is 374 g/mol. The minimum absolute atomic E-state index is 0.0440. The molecule has 136 valence electrons. The number of phenols is 1. The normalized spacial score (nSPS) is 14.0. The Kier molecular flexibility index (Phi) is 4.58. The number of methoxy groups -OCH3 is 1. The molecule has 0 aliphatic heterocycles. The molecular weight excluding hydrogens is 356 g/mol. The number of sulfone groups is 1. The van der Waals surface area contributed by atoms with Crippen molar-refractivity contribution in [2.75, 3.05) is 13.4 Å². The molecule has 1 aliphatic rings. The van der Waals surface area contributed by atoms with Gasteiger partial charge in [-0.05, 0) is 36.6 Å². The van der Waals surface area contributed by atoms with Gasteiger partial charge >= 0.3 is 5.97 Å². The van der Waals surface area contributed by atoms with Gasteiger partial charge < -0.3 is 9.84 Å². The van der Waals surface area contributed by atoms with Gasteiger partial charge in [0.2, 0.25) is 0 Å². The van der Waals surface area contributed by atoms with Gasteiger partial charge in [0.1, 0.15) is 5.75 Å². The molecule has 0 fully saturated rings. The summed E-state index contributed by atoms with van der Waals surface area (Å²) in [5, 5.41) is 10.5. The topological polar surface area (TPSA) is 97.7 Å². The number of aromatic hydroxyl groups is 1. The van der Waals surface area contributed by atoms with Crippen molar-refractivity contribution in [3.8, 4) is 16.9 Å². The number of carbonyl (C=O) groups excluding carboxylic acids is 2. The number of ether oxygens (including phenoxy) is 1. The maximum Gasteiger partial charge on any atom is 0.339 e. The van der Waals surface area contributed by atoms with Gasteiger partial charge in [-0.25, -0.2) is 13.2 Å². The van der Waals surface area contributed by atoms with Crippen molar-refractivity contribution >= 4 is 21.6 Å². The Bertz CT molecular complexity index is 1020. The molecular formula is C19H18O6S. The molecule has 0 saturated heterocycles. The van der Waals surface area contributed by atoms with Crippen LogP contribution in [-0.2, 0) is 21.0 Å². The predicted octanol–water partition coefficient (Wildman–Crippen LogP) is 2.77. The maximum atomic E-state index is 12.5. The van der Waals surface area contributed by atoms with Crippen LogP contribution in [0.1, 0.15) is 39.1 Å². The lowest BCUT2D eigenvalue weighted by Crippen LogP contribution is -2.14. The molecule has 1 aliphatic carbocycles. The molecule has 2 aromatic rings. The van der Waals surface area contributed by atoms with Crippen LogP contribution in [0.5, 0.6) is 5.75 Å². The molecule has 0 aromatic heterocycles. The molecule has 0 amide bonds. The summed E-state index contributed by atoms with van der Waals surface area (Å²) in [7, 11) is -2.65. The first-order valence-corrected chi connectivity index (χ1v) is 9.94. The van der Waals surface area contributed by atoms with Gasteiger partial charge in [-0.1, -0.05) is 12.1 Å². The third kappa shape index (κ3) is 2.99. The van der Waals surface area contributed by atoms with Gasteiger partial charge in [-0.15, -0.1) is 0 Å². The lowest BCUT2D eigenvalue weighted by atomic mass is 9.84. The third-order valence-electron chi connectivity index (χ3n) is 4.48. The highest BCUT2D eigenvalue weighted by molar-refractivity contribution is 7.91. The van der Waals surface area contributed by atoms with Gasteiger partial charge in [0.25, 0.3) is 0 Å². The quantitative estimate of drug-likeness (QED) is 0.830. The van der Waals surface area contributed by atoms with E-state index in [9.17, 15) is 23.1 Å². The molecule has 0 saturated carbocycles. The van der Waals surface area contributed by atoms with Crippen molar-refractivity contribution in [2.45, 2.75) is 24.2 Å². The van der Waals surface area contributed by atoms with Crippen LogP contribution in [0.4, 0.5) is 0 Å². The number of esters is 1. The molecule has 2 aromatic carbocycles. The van der Waals surface area contributed by atoms with Crippen molar-refractivity contribution in [3.05, 3.63) is 47.0 Å². The Morgan fingerprint density at radius 3 is 2.50 bits per heavy atom. The van der Waals surface area contributed by atoms with Crippen LogP contribution in [0.15, 0.2) is 35.2 Å². The highest BCUT2D eigenvalue weighted by Crippen LogP contribution is 2.41. The van der Waals surface area contributed by atoms with Gasteiger partial charge in [0, 0.05) is 29.4 Å². The summed E-state index contributed by atoms with van der Waals surface area (Å²) in [5.41, 5.74) is 1.45. The molecule has 1 N–H and O–H groups in total. The Hall–Kier alpha value is -2.67. The van der Waals surface area contributed by atoms with E-state index in [2.05, 4.69) is 0 Å². The Balaban J connectivity index is 2.41. The zero-order valence-electron chi connectivity index (χ0n) is 14.4. The van der Waals surface area contributed by atoms with E-state index in [1.165, 1.54) is 31.4 Å². The number of rotatable bonds is 3. The Morgan fingerprint density at radius 2 is 1.85 bits per heavy atom. The zero-order chi connectivity index (χ0) is 19.1. The van der Waals surface area contributed by atoms with Crippen molar-refractivity contribution in [1.82, 2.24) is 0 Å². The van der Waals surface area contributed by atoms with Gasteiger partial charge in [0.15, 0.2) is 15.6 Å². The monoisotopic (exact) mass is 374 g/mol. The number of fused-ring (bicyclic) bond motifs is 1. The van der Waals surface area contributed by atoms with E-state index < -0.39 is 15.8 Å². The van der Waals surface area contributed by atoms with Crippen LogP contribution in [0.25, 0.3) is 11.1 Å². The van der Waals surface area contributed by atoms with Gasteiger partial charge in [-0.2, -0.15) is 0 Å². The molecule has 26 heavy (non-hydrogen) atoms. The summed E-state index contributed by atoms with van der Waals surface area (Å²) in [6.07, 6.45) is 2.57. The van der Waals surface area contributed by atoms with E-state index in [4.69, 9.17) is 4.74 Å². The lowest BCUT2D eigenvalue weighted by Gasteiger charge is -2.21. The summed E-state index contributed by atoms with van der Waals surface area (Å²) in [6.45, 7) is 0. The smallest absolute Gasteiger partial charge is 0.339 e. The number of ketones is 1. The van der Waals surface area contributed by atoms with Crippen LogP contribution < -0.4 is 0 Å². The first kappa shape index (κ1) is 18.1. The highest BCUT2D eigenvalue weighted by atomic mass is 32.2. The molecule has 0 spiro atoms. The minimum atomic E-state index is -3.82. The third-order valence-corrected chi connectivity index (χ3v) is 5.66. The van der Waals surface area contributed by atoms with Crippen LogP contribution in [0.3, 0.4) is 0 Å². The standard InChI is InChI=1S/C19H18O6S/c1-25-19(22)14-7-3-6-13(18(14)26(2,23)24)17-12-5-4-8-15(20)11(12)9-10-16(17)21/h3,6-7,9-10,21H,4-5,8H2,1-2H3. The first-order chi connectivity index (χ1) is 12.3. The average Bonchev–Trinajstić information content (AvgIpc) is 2.59. The molecule has 0 bridgehead atoms. The van der Waals surface area contributed by atoms with Crippen molar-refractivity contribution < 1.29 is 27.9 Å². The lowest BCUT2D eigenvalue weighted by molar-refractivity contribution is 0.0596. The van der Waals surface area contributed by atoms with Crippen LogP contribution >= 0.6 is 0 Å². The fourth-order valence-electron chi connectivity index (χ4n) is 3.42. The largest absolute Gasteiger partial charge is 0.507 e. The molecule has 0 radical (unpaired) electrons. The number of carbonyl (C=O) groups is 2. The second kappa shape index (κ2) is 6.57. The molecule has 7 heteroatoms. The first-order valence-electron chi connectivity index (χ1n) is 8.05. The van der Waals surface area contributed by atoms with E-state index in [1.54, 1.807) is 6.07 Å². The van der Waals surface area contributed by atoms with Crippen molar-refractivity contribution in [3.63, 3.8) is 0 Å². The second-order valence-electron chi connectivity index (χ2n) is 6.21. The van der Waals surface area contributed by atoms with Gasteiger partial charge in [-0.3, -0.25) is 4.79 Å². The molecule has 0 heterocycles. The van der Waals surface area contributed by atoms with Crippen molar-refractivity contribution in [1.29, 1.82) is 0 Å². The SMILES string of the molecule is COC(=O)c1cccc(-c2c(O)ccc3c2CCCC3=O)c1S(C)(=O)=O. The second-order valence-corrected chi connectivity index (χ2v) is 8.16. The van der Waals surface area contributed by atoms with E-state index in [0.29, 0.717) is 30.4 Å². The van der Waals surface area contributed by atoms with Crippen LogP contribution in [-0.4, -0.2) is 38.6 Å². The Morgan fingerprint density at radius 1 is 1.12 bits per heavy atom. The zero-order valence-corrected chi connectivity index (χ0v) is 15.2. The van der Waals surface area contributed by atoms with Gasteiger partial charge in [0.05, 0.1) is 17.6 Å². The number of hydrogen-bond donors (Lipinski definition) is 1. The predicted molar refractivity (Wildman–Crippen MR) is 95.3 cm³/mol. The van der Waals surface area contributed by atoms with Crippen LogP contribution in [0.2, 0.25) is 0 Å². The molecule has 3 rings (SSSR count). The molecule has 0 atom stereocenters. The number of hydrogen-bond acceptors (Lipinski definition) is 6. The van der Waals surface area contributed by atoms with Crippen molar-refractivity contribution in [2.24, 2.45) is 0 Å². The fraction of sp³-hybridized carbons (Fsp3) is 0.263.